The maximum atomic E-state index is 13.7. The van der Waals surface area contributed by atoms with Crippen LogP contribution in [0.25, 0.3) is 0 Å². The van der Waals surface area contributed by atoms with Gasteiger partial charge in [-0.3, -0.25) is 28.5 Å². The van der Waals surface area contributed by atoms with Gasteiger partial charge < -0.3 is 35.8 Å². The molecule has 15 heteroatoms. The number of phosphoric ester groups is 1. The second-order valence-electron chi connectivity index (χ2n) is 12.1. The Labute approximate surface area is 257 Å². The van der Waals surface area contributed by atoms with Crippen molar-refractivity contribution in [1.29, 1.82) is 0 Å². The number of phosphoric acid groups is 1. The Hall–Kier alpha value is -3.16. The van der Waals surface area contributed by atoms with Gasteiger partial charge in [-0.2, -0.15) is 0 Å². The monoisotopic (exact) mass is 640 g/mol. The minimum Gasteiger partial charge on any atom is -0.361 e. The molecule has 0 unspecified atom stereocenters. The summed E-state index contributed by atoms with van der Waals surface area (Å²) in [7, 11) is -4.96. The molecule has 0 bridgehead atoms. The topological polar surface area (TPSA) is 213 Å². The van der Waals surface area contributed by atoms with Crippen LogP contribution in [0.15, 0.2) is 30.3 Å². The molecular formula is C29H45N4O10P. The molecule has 0 radical (unpaired) electrons. The number of rotatable bonds is 18. The highest BCUT2D eigenvalue weighted by Crippen LogP contribution is 2.35. The van der Waals surface area contributed by atoms with Crippen molar-refractivity contribution >= 4 is 37.2 Å². The number of Topliss-reactive ketones (excluding diaryl/α,β-unsaturated/α-hetero) is 1. The van der Waals surface area contributed by atoms with E-state index < -0.39 is 67.8 Å². The number of nitrogens with one attached hydrogen (secondary N) is 4. The molecule has 44 heavy (non-hydrogen) atoms. The number of benzene rings is 1. The van der Waals surface area contributed by atoms with E-state index in [4.69, 9.17) is 14.5 Å². The lowest BCUT2D eigenvalue weighted by Gasteiger charge is -2.28. The molecule has 5 atom stereocenters. The van der Waals surface area contributed by atoms with Gasteiger partial charge in [-0.25, -0.2) is 4.57 Å². The van der Waals surface area contributed by atoms with Gasteiger partial charge in [0.25, 0.3) is 0 Å². The van der Waals surface area contributed by atoms with Crippen molar-refractivity contribution in [2.24, 2.45) is 11.8 Å². The fraction of sp³-hybridized carbons (Fsp3) is 0.621. The number of carbonyl (C=O) groups excluding carboxylic acids is 5. The van der Waals surface area contributed by atoms with Gasteiger partial charge in [-0.15, -0.1) is 0 Å². The summed E-state index contributed by atoms with van der Waals surface area (Å²) < 4.78 is 20.9. The van der Waals surface area contributed by atoms with E-state index in [0.717, 1.165) is 12.5 Å². The molecule has 1 aromatic carbocycles. The van der Waals surface area contributed by atoms with E-state index in [1.54, 1.807) is 37.3 Å². The SMILES string of the molecule is CC(=O)N[C@@H](COP(=O)(O)O)C(=O)N[C@@H](CC(C)C)C(=O)N[C@@H](Cc1ccccc1)C(=O)N[C@@H](CC(C)C)C(=O)[C@@]1(C)CO1. The largest absolute Gasteiger partial charge is 0.469 e. The number of amides is 4. The van der Waals surface area contributed by atoms with E-state index in [2.05, 4.69) is 25.8 Å². The van der Waals surface area contributed by atoms with E-state index in [9.17, 15) is 28.5 Å². The maximum absolute atomic E-state index is 13.7. The first-order valence-electron chi connectivity index (χ1n) is 14.5. The molecule has 0 spiro atoms. The van der Waals surface area contributed by atoms with E-state index in [0.29, 0.717) is 6.42 Å². The van der Waals surface area contributed by atoms with E-state index in [1.807, 2.05) is 27.7 Å². The van der Waals surface area contributed by atoms with Gasteiger partial charge >= 0.3 is 7.82 Å². The summed E-state index contributed by atoms with van der Waals surface area (Å²) in [5, 5.41) is 10.3. The smallest absolute Gasteiger partial charge is 0.361 e. The number of carbonyl (C=O) groups is 5. The average molecular weight is 641 g/mol. The lowest BCUT2D eigenvalue weighted by atomic mass is 9.93. The van der Waals surface area contributed by atoms with Gasteiger partial charge in [0.15, 0.2) is 5.78 Å². The van der Waals surface area contributed by atoms with Crippen LogP contribution in [0.4, 0.5) is 0 Å². The molecule has 1 aliphatic heterocycles. The average Bonchev–Trinajstić information content (AvgIpc) is 3.67. The van der Waals surface area contributed by atoms with Crippen LogP contribution in [0.2, 0.25) is 0 Å². The van der Waals surface area contributed by atoms with Gasteiger partial charge in [-0.1, -0.05) is 58.0 Å². The summed E-state index contributed by atoms with van der Waals surface area (Å²) in [5.41, 5.74) is -0.229. The Morgan fingerprint density at radius 1 is 0.841 bits per heavy atom. The van der Waals surface area contributed by atoms with E-state index >= 15 is 0 Å². The highest BCUT2D eigenvalue weighted by molar-refractivity contribution is 7.46. The molecule has 1 fully saturated rings. The summed E-state index contributed by atoms with van der Waals surface area (Å²) in [6, 6.07) is 4.27. The first-order valence-corrected chi connectivity index (χ1v) is 16.0. The Morgan fingerprint density at radius 2 is 1.32 bits per heavy atom. The molecule has 0 aliphatic carbocycles. The normalized spacial score (nSPS) is 19.0. The summed E-state index contributed by atoms with van der Waals surface area (Å²) >= 11 is 0. The third kappa shape index (κ3) is 12.8. The number of hydrogen-bond donors (Lipinski definition) is 6. The molecule has 1 aliphatic rings. The summed E-state index contributed by atoms with van der Waals surface area (Å²) in [6.07, 6.45) is 0.581. The van der Waals surface area contributed by atoms with Crippen LogP contribution >= 0.6 is 7.82 Å². The molecule has 246 valence electrons. The quantitative estimate of drug-likeness (QED) is 0.0979. The number of ketones is 1. The molecule has 1 saturated heterocycles. The zero-order chi connectivity index (χ0) is 33.2. The Balaban J connectivity index is 2.30. The van der Waals surface area contributed by atoms with Gasteiger partial charge in [-0.05, 0) is 37.2 Å². The van der Waals surface area contributed by atoms with Gasteiger partial charge in [0.05, 0.1) is 19.3 Å². The van der Waals surface area contributed by atoms with Crippen molar-refractivity contribution in [3.05, 3.63) is 35.9 Å². The highest BCUT2D eigenvalue weighted by atomic mass is 31.2. The predicted octanol–water partition coefficient (Wildman–Crippen LogP) is 0.748. The first-order chi connectivity index (χ1) is 20.4. The fourth-order valence-corrected chi connectivity index (χ4v) is 4.84. The lowest BCUT2D eigenvalue weighted by molar-refractivity contribution is -0.135. The Bertz CT molecular complexity index is 1220. The van der Waals surface area contributed by atoms with Crippen molar-refractivity contribution < 1.29 is 47.6 Å². The third-order valence-electron chi connectivity index (χ3n) is 6.80. The molecule has 14 nitrogen and oxygen atoms in total. The van der Waals surface area contributed by atoms with Gasteiger partial charge in [0.2, 0.25) is 23.6 Å². The Kier molecular flexibility index (Phi) is 13.7. The van der Waals surface area contributed by atoms with Crippen molar-refractivity contribution in [3.63, 3.8) is 0 Å². The van der Waals surface area contributed by atoms with E-state index in [1.165, 1.54) is 0 Å². The minimum absolute atomic E-state index is 0.0745. The standard InChI is InChI=1S/C29H45N4O10P/c1-17(2)12-21(25(35)29(6)16-42-29)31-27(37)23(14-20-10-8-7-9-11-20)33-26(36)22(13-18(3)4)32-28(38)24(30-19(5)34)15-43-44(39,40)41/h7-11,17-18,21-24H,12-16H2,1-6H3,(H,30,34)(H,31,37)(H,32,38)(H,33,36)(H2,39,40,41)/t21-,22-,23-,24-,29+/m0/s1. The number of ether oxygens (including phenoxy) is 1. The molecule has 1 heterocycles. The summed E-state index contributed by atoms with van der Waals surface area (Å²) in [6.45, 7) is 9.64. The second kappa shape index (κ2) is 16.2. The van der Waals surface area contributed by atoms with Gasteiger partial charge in [0.1, 0.15) is 23.7 Å². The molecule has 6 N–H and O–H groups in total. The molecule has 2 rings (SSSR count). The van der Waals surface area contributed by atoms with Crippen molar-refractivity contribution in [2.75, 3.05) is 13.2 Å². The number of epoxide rings is 1. The minimum atomic E-state index is -4.96. The van der Waals surface area contributed by atoms with Crippen molar-refractivity contribution in [2.45, 2.75) is 90.6 Å². The molecule has 4 amide bonds. The second-order valence-corrected chi connectivity index (χ2v) is 13.3. The van der Waals surface area contributed by atoms with Crippen LogP contribution in [0, 0.1) is 11.8 Å². The van der Waals surface area contributed by atoms with Crippen molar-refractivity contribution in [1.82, 2.24) is 21.3 Å². The van der Waals surface area contributed by atoms with Gasteiger partial charge in [0, 0.05) is 13.3 Å². The third-order valence-corrected chi connectivity index (χ3v) is 7.28. The zero-order valence-corrected chi connectivity index (χ0v) is 26.9. The lowest BCUT2D eigenvalue weighted by Crippen LogP contribution is -2.59. The predicted molar refractivity (Wildman–Crippen MR) is 160 cm³/mol. The van der Waals surface area contributed by atoms with Crippen LogP contribution in [0.1, 0.15) is 59.9 Å². The summed E-state index contributed by atoms with van der Waals surface area (Å²) in [5.74, 6) is -3.17. The summed E-state index contributed by atoms with van der Waals surface area (Å²) in [4.78, 5) is 83.2. The molecular weight excluding hydrogens is 595 g/mol. The van der Waals surface area contributed by atoms with Crippen LogP contribution < -0.4 is 21.3 Å². The number of hydrogen-bond acceptors (Lipinski definition) is 8. The molecule has 0 saturated carbocycles. The molecule has 1 aromatic rings. The zero-order valence-electron chi connectivity index (χ0n) is 26.0. The molecule has 0 aromatic heterocycles. The van der Waals surface area contributed by atoms with E-state index in [-0.39, 0.29) is 37.1 Å². The van der Waals surface area contributed by atoms with Crippen LogP contribution in [-0.4, -0.2) is 82.2 Å². The fourth-order valence-electron chi connectivity index (χ4n) is 4.50. The van der Waals surface area contributed by atoms with Crippen LogP contribution in [-0.2, 0) is 44.2 Å². The maximum Gasteiger partial charge on any atom is 0.469 e. The van der Waals surface area contributed by atoms with Crippen LogP contribution in [0.3, 0.4) is 0 Å². The first kappa shape index (κ1) is 37.0. The highest BCUT2D eigenvalue weighted by Gasteiger charge is 2.50. The van der Waals surface area contributed by atoms with Crippen LogP contribution in [0.5, 0.6) is 0 Å². The van der Waals surface area contributed by atoms with Crippen molar-refractivity contribution in [3.8, 4) is 0 Å². The Morgan fingerprint density at radius 3 is 1.82 bits per heavy atom.